The molecule has 116 valence electrons. The average molecular weight is 317 g/mol. The summed E-state index contributed by atoms with van der Waals surface area (Å²) in [6.07, 6.45) is 0. The maximum absolute atomic E-state index is 12.1. The van der Waals surface area contributed by atoms with Crippen molar-refractivity contribution in [1.82, 2.24) is 0 Å². The summed E-state index contributed by atoms with van der Waals surface area (Å²) in [4.78, 5) is 12.1. The van der Waals surface area contributed by atoms with Crippen LogP contribution in [0.2, 0.25) is 5.02 Å². The number of rotatable bonds is 4. The predicted molar refractivity (Wildman–Crippen MR) is 93.1 cm³/mol. The SMILES string of the molecule is Cc1cc(-c2cccc(Cl)c2)ccc1NC(=O)C(C)C(C)N. The van der Waals surface area contributed by atoms with Gasteiger partial charge in [0.05, 0.1) is 5.92 Å². The second-order valence-corrected chi connectivity index (χ2v) is 6.11. The molecule has 0 aliphatic rings. The Morgan fingerprint density at radius 1 is 1.14 bits per heavy atom. The third-order valence-corrected chi connectivity index (χ3v) is 4.08. The standard InChI is InChI=1S/C18H21ClN2O/c1-11-9-15(14-5-4-6-16(19)10-14)7-8-17(11)21-18(22)12(2)13(3)20/h4-10,12-13H,20H2,1-3H3,(H,21,22). The van der Waals surface area contributed by atoms with Crippen LogP contribution in [0.4, 0.5) is 5.69 Å². The summed E-state index contributed by atoms with van der Waals surface area (Å²) in [7, 11) is 0. The topological polar surface area (TPSA) is 55.1 Å². The van der Waals surface area contributed by atoms with Gasteiger partial charge < -0.3 is 11.1 Å². The summed E-state index contributed by atoms with van der Waals surface area (Å²) >= 11 is 6.03. The number of carbonyl (C=O) groups excluding carboxylic acids is 1. The fraction of sp³-hybridized carbons (Fsp3) is 0.278. The molecule has 22 heavy (non-hydrogen) atoms. The Bertz CT molecular complexity index is 683. The van der Waals surface area contributed by atoms with Crippen molar-refractivity contribution in [2.24, 2.45) is 11.7 Å². The van der Waals surface area contributed by atoms with Gasteiger partial charge in [-0.25, -0.2) is 0 Å². The molecule has 2 rings (SSSR count). The maximum atomic E-state index is 12.1. The van der Waals surface area contributed by atoms with Crippen molar-refractivity contribution in [3.63, 3.8) is 0 Å². The highest BCUT2D eigenvalue weighted by molar-refractivity contribution is 6.30. The molecule has 2 aromatic rings. The van der Waals surface area contributed by atoms with Crippen LogP contribution in [0.25, 0.3) is 11.1 Å². The molecule has 0 fully saturated rings. The lowest BCUT2D eigenvalue weighted by Crippen LogP contribution is -2.34. The van der Waals surface area contributed by atoms with Crippen molar-refractivity contribution < 1.29 is 4.79 Å². The molecular formula is C18H21ClN2O. The molecule has 4 heteroatoms. The second kappa shape index (κ2) is 6.95. The van der Waals surface area contributed by atoms with E-state index in [4.69, 9.17) is 17.3 Å². The van der Waals surface area contributed by atoms with Crippen LogP contribution in [0.5, 0.6) is 0 Å². The number of nitrogens with one attached hydrogen (secondary N) is 1. The van der Waals surface area contributed by atoms with Gasteiger partial charge >= 0.3 is 0 Å². The fourth-order valence-electron chi connectivity index (χ4n) is 2.14. The van der Waals surface area contributed by atoms with E-state index in [1.807, 2.05) is 63.2 Å². The van der Waals surface area contributed by atoms with Gasteiger partial charge in [-0.15, -0.1) is 0 Å². The van der Waals surface area contributed by atoms with Crippen LogP contribution < -0.4 is 11.1 Å². The van der Waals surface area contributed by atoms with Crippen molar-refractivity contribution in [1.29, 1.82) is 0 Å². The number of amides is 1. The number of hydrogen-bond acceptors (Lipinski definition) is 2. The zero-order chi connectivity index (χ0) is 16.3. The first kappa shape index (κ1) is 16.5. The number of nitrogens with two attached hydrogens (primary N) is 1. The highest BCUT2D eigenvalue weighted by Crippen LogP contribution is 2.27. The third kappa shape index (κ3) is 3.87. The first-order valence-electron chi connectivity index (χ1n) is 7.31. The fourth-order valence-corrected chi connectivity index (χ4v) is 2.33. The first-order valence-corrected chi connectivity index (χ1v) is 7.69. The summed E-state index contributed by atoms with van der Waals surface area (Å²) in [6.45, 7) is 5.63. The minimum Gasteiger partial charge on any atom is -0.327 e. The zero-order valence-corrected chi connectivity index (χ0v) is 13.8. The van der Waals surface area contributed by atoms with E-state index in [0.29, 0.717) is 5.02 Å². The van der Waals surface area contributed by atoms with Gasteiger partial charge in [-0.3, -0.25) is 4.79 Å². The molecule has 0 spiro atoms. The molecule has 0 aliphatic heterocycles. The monoisotopic (exact) mass is 316 g/mol. The molecule has 3 N–H and O–H groups in total. The molecule has 2 unspecified atom stereocenters. The Balaban J connectivity index is 2.22. The minimum atomic E-state index is -0.230. The van der Waals surface area contributed by atoms with Crippen molar-refractivity contribution in [3.05, 3.63) is 53.1 Å². The molecular weight excluding hydrogens is 296 g/mol. The predicted octanol–water partition coefficient (Wildman–Crippen LogP) is 4.24. The Labute approximate surface area is 136 Å². The smallest absolute Gasteiger partial charge is 0.228 e. The van der Waals surface area contributed by atoms with Crippen molar-refractivity contribution in [2.75, 3.05) is 5.32 Å². The van der Waals surface area contributed by atoms with E-state index in [2.05, 4.69) is 5.32 Å². The largest absolute Gasteiger partial charge is 0.327 e. The lowest BCUT2D eigenvalue weighted by molar-refractivity contribution is -0.119. The molecule has 2 atom stereocenters. The number of carbonyl (C=O) groups is 1. The van der Waals surface area contributed by atoms with Crippen LogP contribution in [0, 0.1) is 12.8 Å². The third-order valence-electron chi connectivity index (χ3n) is 3.84. The minimum absolute atomic E-state index is 0.0615. The Kier molecular flexibility index (Phi) is 5.22. The summed E-state index contributed by atoms with van der Waals surface area (Å²) < 4.78 is 0. The maximum Gasteiger partial charge on any atom is 0.228 e. The Morgan fingerprint density at radius 3 is 2.41 bits per heavy atom. The van der Waals surface area contributed by atoms with Crippen LogP contribution in [0.15, 0.2) is 42.5 Å². The molecule has 0 saturated heterocycles. The molecule has 0 heterocycles. The quantitative estimate of drug-likeness (QED) is 0.886. The van der Waals surface area contributed by atoms with Gasteiger partial charge in [-0.2, -0.15) is 0 Å². The normalized spacial score (nSPS) is 13.5. The van der Waals surface area contributed by atoms with Gasteiger partial charge in [-0.05, 0) is 54.8 Å². The Morgan fingerprint density at radius 2 is 1.82 bits per heavy atom. The van der Waals surface area contributed by atoms with Crippen LogP contribution >= 0.6 is 11.6 Å². The van der Waals surface area contributed by atoms with E-state index in [-0.39, 0.29) is 17.9 Å². The van der Waals surface area contributed by atoms with E-state index < -0.39 is 0 Å². The number of halogens is 1. The number of aryl methyl sites for hydroxylation is 1. The second-order valence-electron chi connectivity index (χ2n) is 5.68. The van der Waals surface area contributed by atoms with Gasteiger partial charge in [0.25, 0.3) is 0 Å². The number of hydrogen-bond donors (Lipinski definition) is 2. The molecule has 0 aliphatic carbocycles. The van der Waals surface area contributed by atoms with Gasteiger partial charge in [-0.1, -0.05) is 36.7 Å². The van der Waals surface area contributed by atoms with Crippen molar-refractivity contribution in [2.45, 2.75) is 26.8 Å². The molecule has 1 amide bonds. The molecule has 0 bridgehead atoms. The molecule has 3 nitrogen and oxygen atoms in total. The Hall–Kier alpha value is -1.84. The van der Waals surface area contributed by atoms with Crippen LogP contribution in [0.3, 0.4) is 0 Å². The van der Waals surface area contributed by atoms with E-state index in [9.17, 15) is 4.79 Å². The lowest BCUT2D eigenvalue weighted by atomic mass is 10.0. The van der Waals surface area contributed by atoms with Crippen LogP contribution in [-0.4, -0.2) is 11.9 Å². The number of anilines is 1. The van der Waals surface area contributed by atoms with Crippen molar-refractivity contribution >= 4 is 23.2 Å². The van der Waals surface area contributed by atoms with Crippen molar-refractivity contribution in [3.8, 4) is 11.1 Å². The summed E-state index contributed by atoms with van der Waals surface area (Å²) in [5.41, 5.74) is 9.70. The number of benzene rings is 2. The van der Waals surface area contributed by atoms with Crippen LogP contribution in [0.1, 0.15) is 19.4 Å². The molecule has 0 radical (unpaired) electrons. The first-order chi connectivity index (χ1) is 10.4. The summed E-state index contributed by atoms with van der Waals surface area (Å²) in [6, 6.07) is 13.5. The zero-order valence-electron chi connectivity index (χ0n) is 13.1. The molecule has 0 aromatic heterocycles. The highest BCUT2D eigenvalue weighted by Gasteiger charge is 2.17. The molecule has 2 aromatic carbocycles. The van der Waals surface area contributed by atoms with E-state index in [1.165, 1.54) is 0 Å². The summed E-state index contributed by atoms with van der Waals surface area (Å²) in [5.74, 6) is -0.291. The average Bonchev–Trinajstić information content (AvgIpc) is 2.48. The van der Waals surface area contributed by atoms with E-state index in [0.717, 1.165) is 22.4 Å². The van der Waals surface area contributed by atoms with Gasteiger partial charge in [0.15, 0.2) is 0 Å². The van der Waals surface area contributed by atoms with E-state index in [1.54, 1.807) is 0 Å². The highest BCUT2D eigenvalue weighted by atomic mass is 35.5. The van der Waals surface area contributed by atoms with Gasteiger partial charge in [0.1, 0.15) is 0 Å². The molecule has 0 saturated carbocycles. The van der Waals surface area contributed by atoms with Gasteiger partial charge in [0.2, 0.25) is 5.91 Å². The lowest BCUT2D eigenvalue weighted by Gasteiger charge is -2.17. The van der Waals surface area contributed by atoms with E-state index >= 15 is 0 Å². The van der Waals surface area contributed by atoms with Gasteiger partial charge in [0, 0.05) is 16.8 Å². The summed E-state index contributed by atoms with van der Waals surface area (Å²) in [5, 5.41) is 3.64. The van der Waals surface area contributed by atoms with Crippen LogP contribution in [-0.2, 0) is 4.79 Å².